The number of nitrogens with one attached hydrogen (secondary N) is 1. The first-order valence-electron chi connectivity index (χ1n) is 11.8. The zero-order valence-corrected chi connectivity index (χ0v) is 20.5. The van der Waals surface area contributed by atoms with Crippen LogP contribution in [0.25, 0.3) is 11.3 Å². The third-order valence-corrected chi connectivity index (χ3v) is 6.47. The highest BCUT2D eigenvalue weighted by Crippen LogP contribution is 2.33. The number of nitriles is 1. The lowest BCUT2D eigenvalue weighted by molar-refractivity contribution is 0.402. The Balaban J connectivity index is 1.60. The zero-order chi connectivity index (χ0) is 26.0. The zero-order valence-electron chi connectivity index (χ0n) is 20.5. The highest BCUT2D eigenvalue weighted by Gasteiger charge is 2.26. The van der Waals surface area contributed by atoms with Gasteiger partial charge in [0.15, 0.2) is 0 Å². The van der Waals surface area contributed by atoms with Crippen molar-refractivity contribution in [3.05, 3.63) is 71.4 Å². The molecule has 188 valence electrons. The van der Waals surface area contributed by atoms with Crippen molar-refractivity contribution in [2.45, 2.75) is 45.2 Å². The summed E-state index contributed by atoms with van der Waals surface area (Å²) in [5.41, 5.74) is 6.39. The van der Waals surface area contributed by atoms with Gasteiger partial charge in [0.05, 0.1) is 46.9 Å². The average Bonchev–Trinajstić information content (AvgIpc) is 2.83. The van der Waals surface area contributed by atoms with Gasteiger partial charge in [0.2, 0.25) is 0 Å². The largest absolute Gasteiger partial charge is 0.376 e. The maximum atomic E-state index is 15.0. The van der Waals surface area contributed by atoms with E-state index in [2.05, 4.69) is 27.1 Å². The molecule has 2 unspecified atom stereocenters. The van der Waals surface area contributed by atoms with Gasteiger partial charge in [-0.2, -0.15) is 5.26 Å². The van der Waals surface area contributed by atoms with Gasteiger partial charge >= 0.3 is 0 Å². The second kappa shape index (κ2) is 10.2. The summed E-state index contributed by atoms with van der Waals surface area (Å²) in [7, 11) is 0. The van der Waals surface area contributed by atoms with Crippen molar-refractivity contribution < 1.29 is 13.2 Å². The van der Waals surface area contributed by atoms with Gasteiger partial charge in [0, 0.05) is 25.3 Å². The molecule has 0 radical (unpaired) electrons. The molecule has 1 aliphatic rings. The standard InChI is InChI=1S/C27H29F3N6/c1-16-8-18(32)14-36(13-16)24-6-7-33-12-23(24)34-11-19-4-5-20(28)26(35-19)25-21(29)9-17(10-22(25)30)27(2,3)15-31/h4-7,9-10,12,16,18,34H,8,11,13-14,32H2,1-3H3. The summed E-state index contributed by atoms with van der Waals surface area (Å²) < 4.78 is 44.6. The van der Waals surface area contributed by atoms with Crippen LogP contribution in [0.5, 0.6) is 0 Å². The molecule has 6 nitrogen and oxygen atoms in total. The number of aromatic nitrogens is 2. The van der Waals surface area contributed by atoms with Crippen molar-refractivity contribution in [1.82, 2.24) is 9.97 Å². The van der Waals surface area contributed by atoms with E-state index < -0.39 is 34.1 Å². The van der Waals surface area contributed by atoms with Crippen LogP contribution in [0.1, 0.15) is 38.4 Å². The van der Waals surface area contributed by atoms with Crippen molar-refractivity contribution in [2.75, 3.05) is 23.3 Å². The Kier molecular flexibility index (Phi) is 7.18. The second-order valence-corrected chi connectivity index (χ2v) is 9.94. The fourth-order valence-corrected chi connectivity index (χ4v) is 4.56. The molecule has 36 heavy (non-hydrogen) atoms. The van der Waals surface area contributed by atoms with E-state index in [1.165, 1.54) is 6.07 Å². The molecule has 3 aromatic rings. The molecule has 2 aromatic heterocycles. The number of piperidine rings is 1. The monoisotopic (exact) mass is 494 g/mol. The second-order valence-electron chi connectivity index (χ2n) is 9.94. The molecule has 1 saturated heterocycles. The summed E-state index contributed by atoms with van der Waals surface area (Å²) in [4.78, 5) is 10.6. The molecule has 0 saturated carbocycles. The van der Waals surface area contributed by atoms with Crippen molar-refractivity contribution in [1.29, 1.82) is 5.26 Å². The van der Waals surface area contributed by atoms with E-state index >= 15 is 0 Å². The highest BCUT2D eigenvalue weighted by molar-refractivity contribution is 5.69. The molecule has 9 heteroatoms. The van der Waals surface area contributed by atoms with E-state index in [4.69, 9.17) is 5.73 Å². The summed E-state index contributed by atoms with van der Waals surface area (Å²) >= 11 is 0. The maximum Gasteiger partial charge on any atom is 0.149 e. The van der Waals surface area contributed by atoms with Gasteiger partial charge in [-0.1, -0.05) is 6.92 Å². The minimum absolute atomic E-state index is 0.0750. The lowest BCUT2D eigenvalue weighted by Gasteiger charge is -2.37. The highest BCUT2D eigenvalue weighted by atomic mass is 19.1. The molecule has 2 atom stereocenters. The van der Waals surface area contributed by atoms with E-state index in [1.54, 1.807) is 26.2 Å². The van der Waals surface area contributed by atoms with Gasteiger partial charge in [-0.25, -0.2) is 18.2 Å². The number of nitrogens with zero attached hydrogens (tertiary/aromatic N) is 4. The molecule has 1 aliphatic heterocycles. The Morgan fingerprint density at radius 2 is 1.86 bits per heavy atom. The first-order chi connectivity index (χ1) is 17.1. The van der Waals surface area contributed by atoms with Gasteiger partial charge < -0.3 is 16.0 Å². The van der Waals surface area contributed by atoms with Crippen LogP contribution in [0.2, 0.25) is 0 Å². The summed E-state index contributed by atoms with van der Waals surface area (Å²) in [6.07, 6.45) is 4.37. The third kappa shape index (κ3) is 5.29. The number of nitrogens with two attached hydrogens (primary N) is 1. The lowest BCUT2D eigenvalue weighted by atomic mass is 9.85. The van der Waals surface area contributed by atoms with Gasteiger partial charge in [0.25, 0.3) is 0 Å². The molecule has 0 spiro atoms. The van der Waals surface area contributed by atoms with Crippen LogP contribution in [-0.2, 0) is 12.0 Å². The minimum atomic E-state index is -1.10. The molecule has 1 fully saturated rings. The van der Waals surface area contributed by atoms with Gasteiger partial charge in [-0.3, -0.25) is 4.98 Å². The van der Waals surface area contributed by atoms with Crippen LogP contribution in [0.4, 0.5) is 24.5 Å². The summed E-state index contributed by atoms with van der Waals surface area (Å²) in [6, 6.07) is 8.71. The predicted molar refractivity (Wildman–Crippen MR) is 134 cm³/mol. The third-order valence-electron chi connectivity index (χ3n) is 6.47. The molecule has 3 N–H and O–H groups in total. The topological polar surface area (TPSA) is 90.9 Å². The number of benzene rings is 1. The molecule has 0 amide bonds. The number of hydrogen-bond acceptors (Lipinski definition) is 6. The summed E-state index contributed by atoms with van der Waals surface area (Å²) in [6.45, 7) is 7.04. The van der Waals surface area contributed by atoms with Crippen LogP contribution in [-0.4, -0.2) is 29.1 Å². The van der Waals surface area contributed by atoms with Crippen LogP contribution < -0.4 is 16.0 Å². The number of pyridine rings is 2. The van der Waals surface area contributed by atoms with Crippen LogP contribution in [0, 0.1) is 34.7 Å². The number of hydrogen-bond donors (Lipinski definition) is 2. The Morgan fingerprint density at radius 3 is 2.53 bits per heavy atom. The summed E-state index contributed by atoms with van der Waals surface area (Å²) in [5, 5.41) is 12.6. The number of rotatable bonds is 6. The number of anilines is 2. The lowest BCUT2D eigenvalue weighted by Crippen LogP contribution is -2.46. The van der Waals surface area contributed by atoms with Crippen molar-refractivity contribution in [2.24, 2.45) is 11.7 Å². The Labute approximate surface area is 209 Å². The predicted octanol–water partition coefficient (Wildman–Crippen LogP) is 5.15. The van der Waals surface area contributed by atoms with Crippen LogP contribution >= 0.6 is 0 Å². The molecular weight excluding hydrogens is 465 g/mol. The van der Waals surface area contributed by atoms with Crippen LogP contribution in [0.15, 0.2) is 42.7 Å². The Morgan fingerprint density at radius 1 is 1.14 bits per heavy atom. The molecule has 4 rings (SSSR count). The van der Waals surface area contributed by atoms with E-state index in [1.807, 2.05) is 12.1 Å². The van der Waals surface area contributed by atoms with Gasteiger partial charge in [0.1, 0.15) is 23.1 Å². The Bertz CT molecular complexity index is 1270. The van der Waals surface area contributed by atoms with Crippen molar-refractivity contribution in [3.8, 4) is 17.3 Å². The molecule has 3 heterocycles. The molecule has 1 aromatic carbocycles. The quantitative estimate of drug-likeness (QED) is 0.493. The first kappa shape index (κ1) is 25.5. The van der Waals surface area contributed by atoms with Crippen molar-refractivity contribution in [3.63, 3.8) is 0 Å². The van der Waals surface area contributed by atoms with E-state index in [-0.39, 0.29) is 18.2 Å². The van der Waals surface area contributed by atoms with Crippen molar-refractivity contribution >= 4 is 11.4 Å². The average molecular weight is 495 g/mol. The SMILES string of the molecule is CC1CC(N)CN(c2ccncc2NCc2ccc(F)c(-c3c(F)cc(C(C)(C)C#N)cc3F)n2)C1. The molecule has 0 bridgehead atoms. The fourth-order valence-electron chi connectivity index (χ4n) is 4.56. The minimum Gasteiger partial charge on any atom is -0.376 e. The molecular formula is C27H29F3N6. The van der Waals surface area contributed by atoms with Gasteiger partial charge in [-0.05, 0) is 62.1 Å². The normalized spacial score (nSPS) is 18.1. The van der Waals surface area contributed by atoms with Gasteiger partial charge in [-0.15, -0.1) is 0 Å². The Hall–Kier alpha value is -3.64. The van der Waals surface area contributed by atoms with E-state index in [0.717, 1.165) is 49.1 Å². The van der Waals surface area contributed by atoms with E-state index in [9.17, 15) is 18.4 Å². The smallest absolute Gasteiger partial charge is 0.149 e. The van der Waals surface area contributed by atoms with E-state index in [0.29, 0.717) is 11.6 Å². The maximum absolute atomic E-state index is 15.0. The van der Waals surface area contributed by atoms with Crippen LogP contribution in [0.3, 0.4) is 0 Å². The number of halogens is 3. The fraction of sp³-hybridized carbons (Fsp3) is 0.370. The first-order valence-corrected chi connectivity index (χ1v) is 11.8. The molecule has 0 aliphatic carbocycles. The summed E-state index contributed by atoms with van der Waals surface area (Å²) in [5.74, 6) is -2.35.